The first-order valence-corrected chi connectivity index (χ1v) is 8.24. The highest BCUT2D eigenvalue weighted by atomic mass is 16.6. The van der Waals surface area contributed by atoms with E-state index in [-0.39, 0.29) is 23.8 Å². The maximum atomic E-state index is 11.2. The maximum absolute atomic E-state index is 11.2. The van der Waals surface area contributed by atoms with Crippen molar-refractivity contribution in [2.45, 2.75) is 12.0 Å². The third kappa shape index (κ3) is 2.74. The van der Waals surface area contributed by atoms with Crippen LogP contribution in [0.5, 0.6) is 0 Å². The molecule has 0 fully saturated rings. The van der Waals surface area contributed by atoms with Crippen LogP contribution in [0.25, 0.3) is 22.2 Å². The molecule has 9 heteroatoms. The minimum Gasteiger partial charge on any atom is -0.378 e. The molecule has 1 aliphatic heterocycles. The first kappa shape index (κ1) is 16.9. The van der Waals surface area contributed by atoms with Crippen molar-refractivity contribution in [3.8, 4) is 11.3 Å². The molecule has 0 saturated heterocycles. The van der Waals surface area contributed by atoms with Gasteiger partial charge in [0.1, 0.15) is 5.54 Å². The van der Waals surface area contributed by atoms with Gasteiger partial charge in [0.05, 0.1) is 17.0 Å². The Hall–Kier alpha value is -3.59. The highest BCUT2D eigenvalue weighted by molar-refractivity contribution is 5.95. The van der Waals surface area contributed by atoms with Gasteiger partial charge in [0.25, 0.3) is 5.70 Å². The first-order valence-electron chi connectivity index (χ1n) is 8.24. The second-order valence-corrected chi connectivity index (χ2v) is 6.50. The summed E-state index contributed by atoms with van der Waals surface area (Å²) in [5.74, 6) is 0.106. The number of benzene rings is 1. The van der Waals surface area contributed by atoms with Crippen molar-refractivity contribution >= 4 is 17.1 Å². The van der Waals surface area contributed by atoms with Crippen LogP contribution in [0.1, 0.15) is 12.2 Å². The van der Waals surface area contributed by atoms with Crippen molar-refractivity contribution in [1.29, 1.82) is 0 Å². The number of rotatable bonds is 3. The van der Waals surface area contributed by atoms with Crippen LogP contribution < -0.4 is 11.5 Å². The molecule has 27 heavy (non-hydrogen) atoms. The van der Waals surface area contributed by atoms with E-state index in [1.54, 1.807) is 12.3 Å². The van der Waals surface area contributed by atoms with Gasteiger partial charge < -0.3 is 16.0 Å². The van der Waals surface area contributed by atoms with Gasteiger partial charge >= 0.3 is 0 Å². The van der Waals surface area contributed by atoms with Crippen LogP contribution in [-0.4, -0.2) is 25.7 Å². The molecule has 0 radical (unpaired) electrons. The standard InChI is InChI=1S/C18H17N7O2/c1-24-9-12(11-4-2-3-5-14(11)24)13-6-7-21-17(23-13)18(20)8-15(25(26)27)16(19)22-10-18/h2-7,9-10H,8,19-20H2,1H3. The van der Waals surface area contributed by atoms with Crippen molar-refractivity contribution in [2.24, 2.45) is 23.5 Å². The number of aromatic nitrogens is 3. The van der Waals surface area contributed by atoms with Gasteiger partial charge in [-0.05, 0) is 12.1 Å². The van der Waals surface area contributed by atoms with Crippen LogP contribution in [0.4, 0.5) is 0 Å². The van der Waals surface area contributed by atoms with Gasteiger partial charge in [0.2, 0.25) is 0 Å². The molecular weight excluding hydrogens is 346 g/mol. The van der Waals surface area contributed by atoms with Gasteiger partial charge in [-0.25, -0.2) is 15.0 Å². The highest BCUT2D eigenvalue weighted by Gasteiger charge is 2.39. The molecule has 1 aromatic carbocycles. The Morgan fingerprint density at radius 1 is 1.30 bits per heavy atom. The Kier molecular flexibility index (Phi) is 3.74. The fourth-order valence-corrected chi connectivity index (χ4v) is 3.25. The quantitative estimate of drug-likeness (QED) is 0.536. The Morgan fingerprint density at radius 3 is 2.85 bits per heavy atom. The molecule has 0 bridgehead atoms. The zero-order valence-corrected chi connectivity index (χ0v) is 14.5. The topological polar surface area (TPSA) is 138 Å². The number of para-hydroxylation sites is 1. The lowest BCUT2D eigenvalue weighted by molar-refractivity contribution is -0.430. The van der Waals surface area contributed by atoms with Crippen molar-refractivity contribution in [3.63, 3.8) is 0 Å². The summed E-state index contributed by atoms with van der Waals surface area (Å²) in [4.78, 5) is 23.4. The molecule has 9 nitrogen and oxygen atoms in total. The number of nitrogens with zero attached hydrogens (tertiary/aromatic N) is 5. The Balaban J connectivity index is 1.80. The third-order valence-electron chi connectivity index (χ3n) is 4.65. The molecule has 136 valence electrons. The van der Waals surface area contributed by atoms with Gasteiger partial charge in [-0.1, -0.05) is 18.2 Å². The van der Waals surface area contributed by atoms with E-state index in [1.807, 2.05) is 42.1 Å². The molecule has 1 atom stereocenters. The van der Waals surface area contributed by atoms with Crippen molar-refractivity contribution in [1.82, 2.24) is 14.5 Å². The zero-order valence-electron chi connectivity index (χ0n) is 14.5. The summed E-state index contributed by atoms with van der Waals surface area (Å²) in [7, 11) is 1.96. The summed E-state index contributed by atoms with van der Waals surface area (Å²) < 4.78 is 2.01. The van der Waals surface area contributed by atoms with Crippen LogP contribution in [0, 0.1) is 10.1 Å². The summed E-state index contributed by atoms with van der Waals surface area (Å²) in [5.41, 5.74) is 13.1. The molecule has 1 aliphatic rings. The monoisotopic (exact) mass is 363 g/mol. The molecule has 0 amide bonds. The van der Waals surface area contributed by atoms with Crippen LogP contribution in [0.3, 0.4) is 0 Å². The molecule has 4 N–H and O–H groups in total. The second kappa shape index (κ2) is 5.99. The van der Waals surface area contributed by atoms with Crippen LogP contribution in [-0.2, 0) is 12.6 Å². The number of aliphatic imine (C=N–C) groups is 1. The minimum absolute atomic E-state index is 0.131. The number of nitrogens with two attached hydrogens (primary N) is 2. The minimum atomic E-state index is -1.30. The van der Waals surface area contributed by atoms with E-state index < -0.39 is 10.5 Å². The highest BCUT2D eigenvalue weighted by Crippen LogP contribution is 2.31. The largest absolute Gasteiger partial charge is 0.378 e. The second-order valence-electron chi connectivity index (χ2n) is 6.50. The fraction of sp³-hybridized carbons (Fsp3) is 0.167. The number of hydrogen-bond donors (Lipinski definition) is 2. The molecule has 2 aromatic heterocycles. The van der Waals surface area contributed by atoms with Gasteiger partial charge in [0, 0.05) is 42.1 Å². The molecule has 3 heterocycles. The molecule has 0 spiro atoms. The zero-order chi connectivity index (χ0) is 19.2. The van der Waals surface area contributed by atoms with Crippen LogP contribution in [0.2, 0.25) is 0 Å². The molecular formula is C18H17N7O2. The predicted octanol–water partition coefficient (Wildman–Crippen LogP) is 1.67. The average molecular weight is 363 g/mol. The van der Waals surface area contributed by atoms with Crippen molar-refractivity contribution in [3.05, 3.63) is 70.2 Å². The number of aryl methyl sites for hydroxylation is 1. The Morgan fingerprint density at radius 2 is 2.07 bits per heavy atom. The van der Waals surface area contributed by atoms with Gasteiger partial charge in [-0.2, -0.15) is 0 Å². The maximum Gasteiger partial charge on any atom is 0.290 e. The van der Waals surface area contributed by atoms with Gasteiger partial charge in [-0.3, -0.25) is 10.1 Å². The summed E-state index contributed by atoms with van der Waals surface area (Å²) in [6.45, 7) is 0. The smallest absolute Gasteiger partial charge is 0.290 e. The van der Waals surface area contributed by atoms with E-state index in [2.05, 4.69) is 15.0 Å². The summed E-state index contributed by atoms with van der Waals surface area (Å²) >= 11 is 0. The van der Waals surface area contributed by atoms with E-state index in [9.17, 15) is 10.1 Å². The molecule has 4 rings (SSSR count). The van der Waals surface area contributed by atoms with Gasteiger partial charge in [0.15, 0.2) is 11.6 Å². The lowest BCUT2D eigenvalue weighted by Crippen LogP contribution is -2.43. The molecule has 0 saturated carbocycles. The first-order chi connectivity index (χ1) is 12.9. The Bertz CT molecular complexity index is 1130. The lowest BCUT2D eigenvalue weighted by atomic mass is 9.92. The van der Waals surface area contributed by atoms with Crippen molar-refractivity contribution < 1.29 is 4.92 Å². The Labute approximate surface area is 154 Å². The van der Waals surface area contributed by atoms with E-state index >= 15 is 0 Å². The van der Waals surface area contributed by atoms with E-state index in [1.165, 1.54) is 6.21 Å². The normalized spacial score (nSPS) is 19.6. The molecule has 1 unspecified atom stereocenters. The van der Waals surface area contributed by atoms with Gasteiger partial charge in [-0.15, -0.1) is 0 Å². The summed E-state index contributed by atoms with van der Waals surface area (Å²) in [6.07, 6.45) is 4.82. The predicted molar refractivity (Wildman–Crippen MR) is 101 cm³/mol. The fourth-order valence-electron chi connectivity index (χ4n) is 3.25. The molecule has 3 aromatic rings. The van der Waals surface area contributed by atoms with Crippen LogP contribution in [0.15, 0.2) is 59.2 Å². The van der Waals surface area contributed by atoms with Crippen molar-refractivity contribution in [2.75, 3.05) is 0 Å². The van der Waals surface area contributed by atoms with E-state index in [0.717, 1.165) is 16.5 Å². The average Bonchev–Trinajstić information content (AvgIpc) is 3.01. The SMILES string of the molecule is Cn1cc(-c2ccnc(C3(N)C=NC(N)=C([N+](=O)[O-])C3)n2)c2ccccc21. The van der Waals surface area contributed by atoms with E-state index in [0.29, 0.717) is 5.69 Å². The van der Waals surface area contributed by atoms with Crippen LogP contribution >= 0.6 is 0 Å². The molecule has 0 aliphatic carbocycles. The summed E-state index contributed by atoms with van der Waals surface area (Å²) in [6, 6.07) is 9.76. The number of hydrogen-bond acceptors (Lipinski definition) is 7. The third-order valence-corrected chi connectivity index (χ3v) is 4.65. The summed E-state index contributed by atoms with van der Waals surface area (Å²) in [5, 5.41) is 12.3. The number of fused-ring (bicyclic) bond motifs is 1. The number of nitro groups is 1. The lowest BCUT2D eigenvalue weighted by Gasteiger charge is -2.25. The van der Waals surface area contributed by atoms with E-state index in [4.69, 9.17) is 11.5 Å².